The highest BCUT2D eigenvalue weighted by Crippen LogP contribution is 2.19. The van der Waals surface area contributed by atoms with Crippen LogP contribution in [0.1, 0.15) is 5.76 Å². The summed E-state index contributed by atoms with van der Waals surface area (Å²) in [5.74, 6) is -3.48. The molecule has 0 amide bonds. The van der Waals surface area contributed by atoms with Crippen LogP contribution in [-0.2, 0) is 6.54 Å². The molecule has 0 saturated heterocycles. The molecular formula is C11H7ClF3NO. The number of benzene rings is 1. The lowest BCUT2D eigenvalue weighted by Crippen LogP contribution is -2.01. The molecule has 0 atom stereocenters. The summed E-state index contributed by atoms with van der Waals surface area (Å²) in [6, 6.07) is 4.89. The second kappa shape index (κ2) is 4.71. The van der Waals surface area contributed by atoms with E-state index in [-0.39, 0.29) is 17.5 Å². The normalized spacial score (nSPS) is 10.6. The quantitative estimate of drug-likeness (QED) is 0.846. The molecular weight excluding hydrogens is 255 g/mol. The Kier molecular flexibility index (Phi) is 3.28. The van der Waals surface area contributed by atoms with E-state index in [1.54, 1.807) is 12.1 Å². The second-order valence-electron chi connectivity index (χ2n) is 3.31. The first-order chi connectivity index (χ1) is 8.06. The fourth-order valence-electron chi connectivity index (χ4n) is 1.29. The van der Waals surface area contributed by atoms with E-state index in [1.807, 2.05) is 0 Å². The molecule has 2 rings (SSSR count). The van der Waals surface area contributed by atoms with Gasteiger partial charge in [0.2, 0.25) is 0 Å². The molecule has 0 aliphatic heterocycles. The monoisotopic (exact) mass is 261 g/mol. The summed E-state index contributed by atoms with van der Waals surface area (Å²) in [7, 11) is 0. The van der Waals surface area contributed by atoms with Gasteiger partial charge in [0.05, 0.1) is 6.54 Å². The van der Waals surface area contributed by atoms with Gasteiger partial charge in [0.15, 0.2) is 22.7 Å². The van der Waals surface area contributed by atoms with Gasteiger partial charge in [-0.1, -0.05) is 0 Å². The van der Waals surface area contributed by atoms with Gasteiger partial charge in [-0.15, -0.1) is 0 Å². The van der Waals surface area contributed by atoms with Gasteiger partial charge in [-0.05, 0) is 23.7 Å². The molecule has 0 unspecified atom stereocenters. The molecule has 0 saturated carbocycles. The number of hydrogen-bond donors (Lipinski definition) is 1. The zero-order valence-corrected chi connectivity index (χ0v) is 9.19. The number of hydrogen-bond acceptors (Lipinski definition) is 2. The standard InChI is InChI=1S/C11H7ClF3NO/c12-10-2-1-7(17-10)5-16-6-3-8(13)11(15)9(14)4-6/h1-4,16H,5H2. The molecule has 0 bridgehead atoms. The summed E-state index contributed by atoms with van der Waals surface area (Å²) < 4.78 is 43.4. The van der Waals surface area contributed by atoms with Gasteiger partial charge in [-0.2, -0.15) is 0 Å². The van der Waals surface area contributed by atoms with Crippen LogP contribution >= 0.6 is 11.6 Å². The van der Waals surface area contributed by atoms with Gasteiger partial charge in [-0.3, -0.25) is 0 Å². The summed E-state index contributed by atoms with van der Waals surface area (Å²) in [5.41, 5.74) is 0.119. The van der Waals surface area contributed by atoms with Crippen molar-refractivity contribution in [2.24, 2.45) is 0 Å². The molecule has 1 aromatic heterocycles. The van der Waals surface area contributed by atoms with Crippen molar-refractivity contribution in [1.82, 2.24) is 0 Å². The van der Waals surface area contributed by atoms with Crippen LogP contribution in [0.5, 0.6) is 0 Å². The fraction of sp³-hybridized carbons (Fsp3) is 0.0909. The topological polar surface area (TPSA) is 25.2 Å². The number of anilines is 1. The van der Waals surface area contributed by atoms with Crippen molar-refractivity contribution in [3.05, 3.63) is 52.7 Å². The van der Waals surface area contributed by atoms with Gasteiger partial charge in [0, 0.05) is 17.8 Å². The zero-order valence-electron chi connectivity index (χ0n) is 8.44. The second-order valence-corrected chi connectivity index (χ2v) is 3.69. The van der Waals surface area contributed by atoms with E-state index < -0.39 is 17.5 Å². The highest BCUT2D eigenvalue weighted by atomic mass is 35.5. The molecule has 0 aliphatic carbocycles. The Morgan fingerprint density at radius 1 is 1.12 bits per heavy atom. The van der Waals surface area contributed by atoms with Crippen LogP contribution in [0.4, 0.5) is 18.9 Å². The van der Waals surface area contributed by atoms with Gasteiger partial charge in [-0.25, -0.2) is 13.2 Å². The van der Waals surface area contributed by atoms with Gasteiger partial charge in [0.25, 0.3) is 0 Å². The average Bonchev–Trinajstić information content (AvgIpc) is 2.69. The Labute approximate surface area is 100.0 Å². The maximum Gasteiger partial charge on any atom is 0.194 e. The molecule has 2 nitrogen and oxygen atoms in total. The maximum absolute atomic E-state index is 12.9. The number of nitrogens with one attached hydrogen (secondary N) is 1. The lowest BCUT2D eigenvalue weighted by molar-refractivity contribution is 0.447. The number of halogens is 4. The summed E-state index contributed by atoms with van der Waals surface area (Å²) in [4.78, 5) is 0. The molecule has 90 valence electrons. The third kappa shape index (κ3) is 2.74. The Morgan fingerprint density at radius 2 is 1.76 bits per heavy atom. The SMILES string of the molecule is Fc1cc(NCc2ccc(Cl)o2)cc(F)c1F. The van der Waals surface area contributed by atoms with E-state index in [1.165, 1.54) is 0 Å². The van der Waals surface area contributed by atoms with Crippen LogP contribution in [0.25, 0.3) is 0 Å². The molecule has 0 aliphatic rings. The smallest absolute Gasteiger partial charge is 0.194 e. The lowest BCUT2D eigenvalue weighted by atomic mass is 10.3. The molecule has 1 N–H and O–H groups in total. The third-order valence-electron chi connectivity index (χ3n) is 2.08. The molecule has 0 spiro atoms. The summed E-state index contributed by atoms with van der Waals surface area (Å²) >= 11 is 5.55. The van der Waals surface area contributed by atoms with Crippen molar-refractivity contribution in [3.8, 4) is 0 Å². The minimum absolute atomic E-state index is 0.119. The van der Waals surface area contributed by atoms with E-state index in [2.05, 4.69) is 5.32 Å². The highest BCUT2D eigenvalue weighted by molar-refractivity contribution is 6.28. The summed E-state index contributed by atoms with van der Waals surface area (Å²) in [5, 5.41) is 2.90. The minimum Gasteiger partial charge on any atom is -0.448 e. The van der Waals surface area contributed by atoms with Gasteiger partial charge < -0.3 is 9.73 Å². The van der Waals surface area contributed by atoms with Crippen molar-refractivity contribution in [2.75, 3.05) is 5.32 Å². The van der Waals surface area contributed by atoms with E-state index in [4.69, 9.17) is 16.0 Å². The van der Waals surface area contributed by atoms with Crippen LogP contribution in [0, 0.1) is 17.5 Å². The highest BCUT2D eigenvalue weighted by Gasteiger charge is 2.10. The predicted molar refractivity (Wildman–Crippen MR) is 57.4 cm³/mol. The van der Waals surface area contributed by atoms with Crippen molar-refractivity contribution in [3.63, 3.8) is 0 Å². The third-order valence-corrected chi connectivity index (χ3v) is 2.28. The fourth-order valence-corrected chi connectivity index (χ4v) is 1.46. The van der Waals surface area contributed by atoms with E-state index in [0.717, 1.165) is 12.1 Å². The van der Waals surface area contributed by atoms with E-state index in [9.17, 15) is 13.2 Å². The van der Waals surface area contributed by atoms with Crippen LogP contribution in [0.3, 0.4) is 0 Å². The van der Waals surface area contributed by atoms with Crippen molar-refractivity contribution in [2.45, 2.75) is 6.54 Å². The van der Waals surface area contributed by atoms with E-state index >= 15 is 0 Å². The molecule has 6 heteroatoms. The summed E-state index contributed by atoms with van der Waals surface area (Å²) in [6.07, 6.45) is 0. The summed E-state index contributed by atoms with van der Waals surface area (Å²) in [6.45, 7) is 0.192. The van der Waals surface area contributed by atoms with Crippen LogP contribution in [-0.4, -0.2) is 0 Å². The Hall–Kier alpha value is -1.62. The number of rotatable bonds is 3. The molecule has 1 aromatic carbocycles. The Bertz CT molecular complexity index is 518. The molecule has 0 fully saturated rings. The van der Waals surface area contributed by atoms with Crippen LogP contribution < -0.4 is 5.32 Å². The van der Waals surface area contributed by atoms with Gasteiger partial charge >= 0.3 is 0 Å². The van der Waals surface area contributed by atoms with Crippen molar-refractivity contribution < 1.29 is 17.6 Å². The first kappa shape index (κ1) is 11.9. The lowest BCUT2D eigenvalue weighted by Gasteiger charge is -2.05. The van der Waals surface area contributed by atoms with Crippen molar-refractivity contribution in [1.29, 1.82) is 0 Å². The van der Waals surface area contributed by atoms with Crippen LogP contribution in [0.2, 0.25) is 5.22 Å². The van der Waals surface area contributed by atoms with E-state index in [0.29, 0.717) is 5.76 Å². The zero-order chi connectivity index (χ0) is 12.4. The Balaban J connectivity index is 2.09. The maximum atomic E-state index is 12.9. The largest absolute Gasteiger partial charge is 0.448 e. The molecule has 17 heavy (non-hydrogen) atoms. The Morgan fingerprint density at radius 3 is 2.29 bits per heavy atom. The molecule has 0 radical (unpaired) electrons. The molecule has 1 heterocycles. The van der Waals surface area contributed by atoms with Gasteiger partial charge in [0.1, 0.15) is 5.76 Å². The number of furan rings is 1. The minimum atomic E-state index is -1.49. The first-order valence-corrected chi connectivity index (χ1v) is 5.06. The average molecular weight is 262 g/mol. The van der Waals surface area contributed by atoms with Crippen molar-refractivity contribution >= 4 is 17.3 Å². The predicted octanol–water partition coefficient (Wildman–Crippen LogP) is 3.96. The molecule has 2 aromatic rings. The first-order valence-electron chi connectivity index (χ1n) is 4.69. The van der Waals surface area contributed by atoms with Crippen LogP contribution in [0.15, 0.2) is 28.7 Å².